The molecule has 0 unspecified atom stereocenters. The molecule has 0 fully saturated rings. The van der Waals surface area contributed by atoms with Crippen molar-refractivity contribution < 1.29 is 14.6 Å². The maximum Gasteiger partial charge on any atom is 0.232 e. The van der Waals surface area contributed by atoms with Gasteiger partial charge in [0, 0.05) is 5.56 Å². The quantitative estimate of drug-likeness (QED) is 0.560. The van der Waals surface area contributed by atoms with Gasteiger partial charge in [0.2, 0.25) is 5.88 Å². The highest BCUT2D eigenvalue weighted by atomic mass is 32.1. The average molecular weight is 381 g/mol. The van der Waals surface area contributed by atoms with Crippen LogP contribution in [0.3, 0.4) is 0 Å². The third kappa shape index (κ3) is 3.20. The van der Waals surface area contributed by atoms with E-state index in [9.17, 15) is 5.11 Å². The first-order valence-corrected chi connectivity index (χ1v) is 9.43. The van der Waals surface area contributed by atoms with Crippen molar-refractivity contribution in [2.75, 3.05) is 13.7 Å². The van der Waals surface area contributed by atoms with Crippen molar-refractivity contribution in [1.82, 2.24) is 15.0 Å². The van der Waals surface area contributed by atoms with Crippen LogP contribution in [0.15, 0.2) is 30.5 Å². The Morgan fingerprint density at radius 3 is 2.70 bits per heavy atom. The summed E-state index contributed by atoms with van der Waals surface area (Å²) in [6.45, 7) is 4.54. The molecule has 0 saturated heterocycles. The van der Waals surface area contributed by atoms with E-state index in [4.69, 9.17) is 14.5 Å². The minimum Gasteiger partial charge on any atom is -0.494 e. The number of aryl methyl sites for hydroxylation is 1. The van der Waals surface area contributed by atoms with Crippen LogP contribution in [0.25, 0.3) is 31.8 Å². The molecule has 2 aromatic heterocycles. The third-order valence-electron chi connectivity index (χ3n) is 4.28. The van der Waals surface area contributed by atoms with E-state index in [1.54, 1.807) is 24.6 Å². The van der Waals surface area contributed by atoms with Gasteiger partial charge in [-0.2, -0.15) is 0 Å². The Kier molecular flexibility index (Phi) is 4.63. The predicted octanol–water partition coefficient (Wildman–Crippen LogP) is 4.11. The molecular formula is C20H19N3O3S. The van der Waals surface area contributed by atoms with E-state index in [1.807, 2.05) is 38.1 Å². The first-order valence-electron chi connectivity index (χ1n) is 8.61. The Morgan fingerprint density at radius 1 is 1.11 bits per heavy atom. The van der Waals surface area contributed by atoms with Crippen molar-refractivity contribution in [2.24, 2.45) is 0 Å². The molecule has 27 heavy (non-hydrogen) atoms. The first kappa shape index (κ1) is 17.6. The fourth-order valence-corrected chi connectivity index (χ4v) is 4.14. The standard InChI is InChI=1S/C20H19N3O3S/c1-4-26-13-5-11(2)18-16(8-13)27-20(23-18)14-6-12(10-24)7-15-19(14)21-9-17(22-15)25-3/h5-9,24H,4,10H2,1-3H3. The second-order valence-corrected chi connectivity index (χ2v) is 7.15. The average Bonchev–Trinajstić information content (AvgIpc) is 3.11. The Bertz CT molecular complexity index is 1140. The number of aromatic nitrogens is 3. The molecule has 0 saturated carbocycles. The SMILES string of the molecule is CCOc1cc(C)c2nc(-c3cc(CO)cc4nc(OC)cnc34)sc2c1. The number of aliphatic hydroxyl groups is 1. The van der Waals surface area contributed by atoms with E-state index in [0.29, 0.717) is 18.0 Å². The fraction of sp³-hybridized carbons (Fsp3) is 0.250. The van der Waals surface area contributed by atoms with Gasteiger partial charge in [-0.3, -0.25) is 0 Å². The maximum atomic E-state index is 9.66. The van der Waals surface area contributed by atoms with Crippen LogP contribution in [0.2, 0.25) is 0 Å². The zero-order valence-electron chi connectivity index (χ0n) is 15.3. The van der Waals surface area contributed by atoms with Crippen LogP contribution >= 0.6 is 11.3 Å². The highest BCUT2D eigenvalue weighted by Gasteiger charge is 2.15. The molecule has 0 aliphatic rings. The van der Waals surface area contributed by atoms with Crippen LogP contribution in [-0.2, 0) is 6.61 Å². The van der Waals surface area contributed by atoms with E-state index in [2.05, 4.69) is 9.97 Å². The molecule has 7 heteroatoms. The summed E-state index contributed by atoms with van der Waals surface area (Å²) in [6, 6.07) is 7.75. The van der Waals surface area contributed by atoms with Crippen LogP contribution in [0.1, 0.15) is 18.1 Å². The normalized spacial score (nSPS) is 11.3. The monoisotopic (exact) mass is 381 g/mol. The molecule has 0 radical (unpaired) electrons. The lowest BCUT2D eigenvalue weighted by molar-refractivity contribution is 0.282. The van der Waals surface area contributed by atoms with E-state index in [1.165, 1.54) is 0 Å². The summed E-state index contributed by atoms with van der Waals surface area (Å²) >= 11 is 1.58. The lowest BCUT2D eigenvalue weighted by atomic mass is 10.1. The third-order valence-corrected chi connectivity index (χ3v) is 5.31. The number of hydrogen-bond acceptors (Lipinski definition) is 7. The summed E-state index contributed by atoms with van der Waals surface area (Å²) in [5.41, 5.74) is 5.02. The van der Waals surface area contributed by atoms with Gasteiger partial charge >= 0.3 is 0 Å². The van der Waals surface area contributed by atoms with Gasteiger partial charge in [0.05, 0.1) is 47.8 Å². The first-order chi connectivity index (χ1) is 13.1. The summed E-state index contributed by atoms with van der Waals surface area (Å²) in [4.78, 5) is 13.8. The molecule has 6 nitrogen and oxygen atoms in total. The van der Waals surface area contributed by atoms with Crippen LogP contribution < -0.4 is 9.47 Å². The van der Waals surface area contributed by atoms with E-state index in [0.717, 1.165) is 43.2 Å². The van der Waals surface area contributed by atoms with E-state index < -0.39 is 0 Å². The molecule has 4 rings (SSSR count). The second-order valence-electron chi connectivity index (χ2n) is 6.12. The molecule has 138 valence electrons. The van der Waals surface area contributed by atoms with Gasteiger partial charge in [-0.1, -0.05) is 0 Å². The van der Waals surface area contributed by atoms with Gasteiger partial charge in [0.15, 0.2) is 0 Å². The summed E-state index contributed by atoms with van der Waals surface area (Å²) in [6.07, 6.45) is 1.59. The summed E-state index contributed by atoms with van der Waals surface area (Å²) in [5, 5.41) is 10.5. The number of hydrogen-bond donors (Lipinski definition) is 1. The Balaban J connectivity index is 1.94. The highest BCUT2D eigenvalue weighted by Crippen LogP contribution is 2.37. The number of ether oxygens (including phenoxy) is 2. The second kappa shape index (κ2) is 7.09. The summed E-state index contributed by atoms with van der Waals surface area (Å²) in [5.74, 6) is 1.28. The van der Waals surface area contributed by atoms with Crippen molar-refractivity contribution in [1.29, 1.82) is 0 Å². The maximum absolute atomic E-state index is 9.66. The van der Waals surface area contributed by atoms with Gasteiger partial charge in [0.1, 0.15) is 10.8 Å². The zero-order chi connectivity index (χ0) is 19.0. The summed E-state index contributed by atoms with van der Waals surface area (Å²) < 4.78 is 11.9. The Labute approximate surface area is 160 Å². The molecule has 0 atom stereocenters. The molecule has 1 N–H and O–H groups in total. The van der Waals surface area contributed by atoms with Gasteiger partial charge in [-0.15, -0.1) is 11.3 Å². The minimum atomic E-state index is -0.0831. The van der Waals surface area contributed by atoms with Gasteiger partial charge in [-0.25, -0.2) is 15.0 Å². The highest BCUT2D eigenvalue weighted by molar-refractivity contribution is 7.21. The number of benzene rings is 2. The molecular weight excluding hydrogens is 362 g/mol. The van der Waals surface area contributed by atoms with Gasteiger partial charge < -0.3 is 14.6 Å². The minimum absolute atomic E-state index is 0.0831. The smallest absolute Gasteiger partial charge is 0.232 e. The number of thiazole rings is 1. The number of methoxy groups -OCH3 is 1. The molecule has 0 bridgehead atoms. The lowest BCUT2D eigenvalue weighted by Crippen LogP contribution is -1.95. The number of nitrogens with zero attached hydrogens (tertiary/aromatic N) is 3. The molecule has 0 aliphatic heterocycles. The van der Waals surface area contributed by atoms with Crippen molar-refractivity contribution in [3.8, 4) is 22.2 Å². The number of aliphatic hydroxyl groups excluding tert-OH is 1. The Hall–Kier alpha value is -2.77. The molecule has 0 spiro atoms. The zero-order valence-corrected chi connectivity index (χ0v) is 16.1. The van der Waals surface area contributed by atoms with Crippen molar-refractivity contribution in [3.05, 3.63) is 41.6 Å². The topological polar surface area (TPSA) is 77.4 Å². The lowest BCUT2D eigenvalue weighted by Gasteiger charge is -2.07. The van der Waals surface area contributed by atoms with E-state index in [-0.39, 0.29) is 6.61 Å². The van der Waals surface area contributed by atoms with Crippen LogP contribution in [0.4, 0.5) is 0 Å². The van der Waals surface area contributed by atoms with Crippen molar-refractivity contribution in [2.45, 2.75) is 20.5 Å². The molecule has 0 amide bonds. The molecule has 2 aromatic carbocycles. The summed E-state index contributed by atoms with van der Waals surface area (Å²) in [7, 11) is 1.55. The van der Waals surface area contributed by atoms with E-state index >= 15 is 0 Å². The van der Waals surface area contributed by atoms with Crippen LogP contribution in [-0.4, -0.2) is 33.8 Å². The number of fused-ring (bicyclic) bond motifs is 2. The largest absolute Gasteiger partial charge is 0.494 e. The van der Waals surface area contributed by atoms with Crippen molar-refractivity contribution >= 4 is 32.6 Å². The van der Waals surface area contributed by atoms with Gasteiger partial charge in [-0.05, 0) is 49.2 Å². The molecule has 4 aromatic rings. The number of rotatable bonds is 5. The van der Waals surface area contributed by atoms with Crippen LogP contribution in [0, 0.1) is 6.92 Å². The Morgan fingerprint density at radius 2 is 1.96 bits per heavy atom. The fourth-order valence-electron chi connectivity index (χ4n) is 3.05. The van der Waals surface area contributed by atoms with Gasteiger partial charge in [0.25, 0.3) is 0 Å². The van der Waals surface area contributed by atoms with Crippen LogP contribution in [0.5, 0.6) is 11.6 Å². The predicted molar refractivity (Wildman–Crippen MR) is 107 cm³/mol. The van der Waals surface area contributed by atoms with Crippen molar-refractivity contribution in [3.63, 3.8) is 0 Å². The molecule has 2 heterocycles. The molecule has 0 aliphatic carbocycles.